The molecule has 2 aromatic rings. The number of H-pyrrole nitrogens is 1. The maximum Gasteiger partial charge on any atom is 0.253 e. The van der Waals surface area contributed by atoms with Crippen molar-refractivity contribution >= 4 is 28.2 Å². The third-order valence-corrected chi connectivity index (χ3v) is 6.20. The van der Waals surface area contributed by atoms with E-state index in [1.807, 2.05) is 12.1 Å². The molecule has 0 amide bonds. The van der Waals surface area contributed by atoms with Gasteiger partial charge in [0.1, 0.15) is 0 Å². The summed E-state index contributed by atoms with van der Waals surface area (Å²) < 4.78 is 0. The second-order valence-electron chi connectivity index (χ2n) is 8.35. The number of aromatic nitrogens is 1. The number of rotatable bonds is 8. The molecule has 1 saturated carbocycles. The number of nitrogens with zero attached hydrogens (tertiary/aromatic N) is 2. The predicted molar refractivity (Wildman–Crippen MR) is 126 cm³/mol. The topological polar surface area (TPSA) is 51.4 Å². The van der Waals surface area contributed by atoms with E-state index in [0.29, 0.717) is 12.6 Å². The third-order valence-electron chi connectivity index (χ3n) is 5.82. The summed E-state index contributed by atoms with van der Waals surface area (Å²) in [5.74, 6) is 0. The van der Waals surface area contributed by atoms with Crippen molar-refractivity contribution in [1.29, 1.82) is 0 Å². The van der Waals surface area contributed by atoms with Crippen LogP contribution in [0.25, 0.3) is 10.9 Å². The molecule has 0 unspecified atom stereocenters. The lowest BCUT2D eigenvalue weighted by molar-refractivity contribution is 0.301. The molecule has 1 aromatic carbocycles. The summed E-state index contributed by atoms with van der Waals surface area (Å²) in [5, 5.41) is 5.30. The number of fused-ring (bicyclic) bond motifs is 1. The van der Waals surface area contributed by atoms with E-state index in [1.165, 1.54) is 18.4 Å². The first-order valence-electron chi connectivity index (χ1n) is 10.8. The van der Waals surface area contributed by atoms with Crippen LogP contribution in [0, 0.1) is 0 Å². The number of pyridine rings is 1. The zero-order valence-electron chi connectivity index (χ0n) is 18.0. The van der Waals surface area contributed by atoms with Gasteiger partial charge in [-0.3, -0.25) is 4.79 Å². The van der Waals surface area contributed by atoms with Gasteiger partial charge in [-0.1, -0.05) is 25.8 Å². The molecule has 1 aliphatic rings. The molecule has 1 heterocycles. The van der Waals surface area contributed by atoms with Crippen LogP contribution in [-0.4, -0.2) is 53.1 Å². The normalized spacial score (nSPS) is 14.6. The Labute approximate surface area is 179 Å². The van der Waals surface area contributed by atoms with Crippen molar-refractivity contribution in [2.75, 3.05) is 27.2 Å². The first-order valence-corrected chi connectivity index (χ1v) is 11.2. The van der Waals surface area contributed by atoms with Crippen LogP contribution in [0.2, 0.25) is 0 Å². The van der Waals surface area contributed by atoms with Crippen molar-refractivity contribution in [2.24, 2.45) is 0 Å². The number of benzene rings is 1. The lowest BCUT2D eigenvalue weighted by Crippen LogP contribution is -2.45. The largest absolute Gasteiger partial charge is 0.363 e. The van der Waals surface area contributed by atoms with Gasteiger partial charge < -0.3 is 20.1 Å². The summed E-state index contributed by atoms with van der Waals surface area (Å²) in [7, 11) is 4.16. The van der Waals surface area contributed by atoms with Gasteiger partial charge in [-0.2, -0.15) is 0 Å². The minimum Gasteiger partial charge on any atom is -0.363 e. The number of aromatic amines is 1. The molecule has 1 aromatic heterocycles. The number of hydrogen-bond acceptors (Lipinski definition) is 3. The summed E-state index contributed by atoms with van der Waals surface area (Å²) in [6.45, 7) is 4.60. The van der Waals surface area contributed by atoms with Crippen LogP contribution in [0.1, 0.15) is 50.2 Å². The van der Waals surface area contributed by atoms with E-state index < -0.39 is 0 Å². The van der Waals surface area contributed by atoms with Gasteiger partial charge in [0.25, 0.3) is 5.56 Å². The predicted octanol–water partition coefficient (Wildman–Crippen LogP) is 3.66. The first kappa shape index (κ1) is 21.8. The van der Waals surface area contributed by atoms with Crippen molar-refractivity contribution in [2.45, 2.75) is 58.0 Å². The highest BCUT2D eigenvalue weighted by Gasteiger charge is 2.25. The van der Waals surface area contributed by atoms with Gasteiger partial charge in [-0.05, 0) is 87.7 Å². The Morgan fingerprint density at radius 3 is 2.69 bits per heavy atom. The molecule has 0 radical (unpaired) electrons. The maximum absolute atomic E-state index is 12.7. The molecular weight excluding hydrogens is 380 g/mol. The summed E-state index contributed by atoms with van der Waals surface area (Å²) in [6.07, 6.45) is 6.79. The molecule has 29 heavy (non-hydrogen) atoms. The highest BCUT2D eigenvalue weighted by atomic mass is 32.1. The van der Waals surface area contributed by atoms with Gasteiger partial charge in [0.05, 0.1) is 6.54 Å². The molecular formula is C23H34N4OS. The molecule has 1 aliphatic carbocycles. The molecule has 2 N–H and O–H groups in total. The van der Waals surface area contributed by atoms with E-state index in [4.69, 9.17) is 12.2 Å². The maximum atomic E-state index is 12.7. The fraction of sp³-hybridized carbons (Fsp3) is 0.565. The van der Waals surface area contributed by atoms with Crippen molar-refractivity contribution in [3.63, 3.8) is 0 Å². The van der Waals surface area contributed by atoms with Gasteiger partial charge >= 0.3 is 0 Å². The quantitative estimate of drug-likeness (QED) is 0.510. The van der Waals surface area contributed by atoms with Crippen LogP contribution in [0.3, 0.4) is 0 Å². The van der Waals surface area contributed by atoms with Gasteiger partial charge in [0.2, 0.25) is 0 Å². The Bertz CT molecular complexity index is 886. The second kappa shape index (κ2) is 10.2. The molecule has 0 aliphatic heterocycles. The minimum atomic E-state index is -0.0137. The fourth-order valence-corrected chi connectivity index (χ4v) is 4.41. The highest BCUT2D eigenvalue weighted by Crippen LogP contribution is 2.25. The minimum absolute atomic E-state index is 0.0137. The molecule has 1 fully saturated rings. The van der Waals surface area contributed by atoms with Crippen LogP contribution in [0.4, 0.5) is 0 Å². The van der Waals surface area contributed by atoms with Gasteiger partial charge in [-0.25, -0.2) is 0 Å². The molecule has 158 valence electrons. The van der Waals surface area contributed by atoms with Gasteiger partial charge in [-0.15, -0.1) is 0 Å². The van der Waals surface area contributed by atoms with E-state index in [1.54, 1.807) is 0 Å². The van der Waals surface area contributed by atoms with Crippen molar-refractivity contribution in [3.05, 3.63) is 45.7 Å². The zero-order chi connectivity index (χ0) is 20.8. The Kier molecular flexibility index (Phi) is 7.67. The van der Waals surface area contributed by atoms with Crippen LogP contribution in [0.5, 0.6) is 0 Å². The van der Waals surface area contributed by atoms with Gasteiger partial charge in [0, 0.05) is 23.7 Å². The number of nitrogens with one attached hydrogen (secondary N) is 2. The van der Waals surface area contributed by atoms with E-state index in [9.17, 15) is 4.79 Å². The van der Waals surface area contributed by atoms with E-state index in [-0.39, 0.29) is 5.56 Å². The van der Waals surface area contributed by atoms with E-state index in [2.05, 4.69) is 53.3 Å². The van der Waals surface area contributed by atoms with Crippen molar-refractivity contribution in [1.82, 2.24) is 20.1 Å². The van der Waals surface area contributed by atoms with Crippen LogP contribution in [0.15, 0.2) is 29.1 Å². The number of hydrogen-bond donors (Lipinski definition) is 2. The molecule has 5 nitrogen and oxygen atoms in total. The van der Waals surface area contributed by atoms with E-state index >= 15 is 0 Å². The molecule has 0 bridgehead atoms. The van der Waals surface area contributed by atoms with Crippen LogP contribution >= 0.6 is 12.2 Å². The first-order chi connectivity index (χ1) is 14.0. The molecule has 3 rings (SSSR count). The number of thiocarbonyl (C=S) groups is 1. The van der Waals surface area contributed by atoms with E-state index in [0.717, 1.165) is 60.4 Å². The summed E-state index contributed by atoms with van der Waals surface area (Å²) >= 11 is 5.76. The Hall–Kier alpha value is -1.92. The summed E-state index contributed by atoms with van der Waals surface area (Å²) in [4.78, 5) is 20.2. The fourth-order valence-electron chi connectivity index (χ4n) is 4.10. The molecule has 0 atom stereocenters. The highest BCUT2D eigenvalue weighted by molar-refractivity contribution is 7.80. The Morgan fingerprint density at radius 2 is 2.00 bits per heavy atom. The smallest absolute Gasteiger partial charge is 0.253 e. The standard InChI is InChI=1S/C23H34N4OS/c1-4-17-10-11-21-18(14-17)15-19(22(28)25-21)16-27(20-8-5-6-9-20)23(29)24-12-7-13-26(2)3/h10-11,14-15,20H,4-9,12-13,16H2,1-3H3,(H,24,29)(H,25,28). The monoisotopic (exact) mass is 414 g/mol. The third kappa shape index (κ3) is 5.80. The summed E-state index contributed by atoms with van der Waals surface area (Å²) in [5.41, 5.74) is 2.95. The Morgan fingerprint density at radius 1 is 1.24 bits per heavy atom. The van der Waals surface area contributed by atoms with Crippen LogP contribution in [-0.2, 0) is 13.0 Å². The van der Waals surface area contributed by atoms with Crippen LogP contribution < -0.4 is 10.9 Å². The van der Waals surface area contributed by atoms with Crippen molar-refractivity contribution in [3.8, 4) is 0 Å². The lowest BCUT2D eigenvalue weighted by atomic mass is 10.1. The average Bonchev–Trinajstić information content (AvgIpc) is 3.23. The second-order valence-corrected chi connectivity index (χ2v) is 8.74. The van der Waals surface area contributed by atoms with Crippen molar-refractivity contribution < 1.29 is 0 Å². The zero-order valence-corrected chi connectivity index (χ0v) is 18.8. The lowest BCUT2D eigenvalue weighted by Gasteiger charge is -2.31. The molecule has 6 heteroatoms. The Balaban J connectivity index is 1.78. The van der Waals surface area contributed by atoms with Gasteiger partial charge in [0.15, 0.2) is 5.11 Å². The molecule has 0 saturated heterocycles. The summed E-state index contributed by atoms with van der Waals surface area (Å²) in [6, 6.07) is 8.72. The number of aryl methyl sites for hydroxylation is 1. The average molecular weight is 415 g/mol. The SMILES string of the molecule is CCc1ccc2[nH]c(=O)c(CN(C(=S)NCCCN(C)C)C3CCCC3)cc2c1. The molecule has 0 spiro atoms.